The molecule has 3 aromatic rings. The lowest BCUT2D eigenvalue weighted by Crippen LogP contribution is -2.26. The maximum Gasteiger partial charge on any atom is 0.209 e. The van der Waals surface area contributed by atoms with Crippen LogP contribution in [0.2, 0.25) is 0 Å². The first kappa shape index (κ1) is 16.0. The molecule has 4 rings (SSSR count). The Labute approximate surface area is 151 Å². The van der Waals surface area contributed by atoms with Crippen LogP contribution in [0.4, 0.5) is 5.95 Å². The Kier molecular flexibility index (Phi) is 3.88. The molecule has 5 heteroatoms. The quantitative estimate of drug-likeness (QED) is 0.700. The minimum Gasteiger partial charge on any atom is -0.329 e. The summed E-state index contributed by atoms with van der Waals surface area (Å²) in [6.45, 7) is 3.58. The molecule has 0 saturated heterocycles. The highest BCUT2D eigenvalue weighted by Crippen LogP contribution is 2.39. The summed E-state index contributed by atoms with van der Waals surface area (Å²) in [5, 5.41) is 3.31. The van der Waals surface area contributed by atoms with Crippen LogP contribution in [-0.2, 0) is 4.79 Å². The number of carbonyl (C=O) groups is 1. The predicted molar refractivity (Wildman–Crippen MR) is 103 cm³/mol. The Balaban J connectivity index is 1.98. The van der Waals surface area contributed by atoms with Crippen LogP contribution in [0, 0.1) is 0 Å². The first-order chi connectivity index (χ1) is 12.1. The van der Waals surface area contributed by atoms with Gasteiger partial charge in [-0.3, -0.25) is 9.36 Å². The second kappa shape index (κ2) is 6.08. The fraction of sp³-hybridized carbons (Fsp3) is 0.200. The van der Waals surface area contributed by atoms with Crippen LogP contribution >= 0.6 is 11.8 Å². The van der Waals surface area contributed by atoms with Gasteiger partial charge in [0.1, 0.15) is 0 Å². The van der Waals surface area contributed by atoms with Crippen molar-refractivity contribution in [2.24, 2.45) is 0 Å². The monoisotopic (exact) mass is 349 g/mol. The van der Waals surface area contributed by atoms with Crippen molar-refractivity contribution in [3.63, 3.8) is 0 Å². The van der Waals surface area contributed by atoms with Crippen LogP contribution < -0.4 is 5.32 Å². The van der Waals surface area contributed by atoms with Gasteiger partial charge in [0, 0.05) is 16.2 Å². The number of carbonyl (C=O) groups excluding carboxylic acids is 1. The molecule has 1 aromatic heterocycles. The first-order valence-corrected chi connectivity index (χ1v) is 9.42. The highest BCUT2D eigenvalue weighted by atomic mass is 32.2. The predicted octanol–water partition coefficient (Wildman–Crippen LogP) is 4.64. The number of hydrogen-bond acceptors (Lipinski definition) is 4. The molecule has 0 radical (unpaired) electrons. The molecule has 2 aromatic carbocycles. The number of aromatic nitrogens is 2. The summed E-state index contributed by atoms with van der Waals surface area (Å²) in [7, 11) is 0. The molecule has 1 aliphatic rings. The second-order valence-corrected chi connectivity index (χ2v) is 7.07. The lowest BCUT2D eigenvalue weighted by molar-refractivity contribution is -0.114. The van der Waals surface area contributed by atoms with Crippen molar-refractivity contribution in [3.8, 4) is 0 Å². The summed E-state index contributed by atoms with van der Waals surface area (Å²) in [5.74, 6) is 0.856. The van der Waals surface area contributed by atoms with Crippen LogP contribution in [0.3, 0.4) is 0 Å². The third kappa shape index (κ3) is 2.55. The van der Waals surface area contributed by atoms with E-state index in [4.69, 9.17) is 4.98 Å². The fourth-order valence-corrected chi connectivity index (χ4v) is 3.93. The number of anilines is 1. The number of para-hydroxylation sites is 2. The molecule has 0 aliphatic carbocycles. The van der Waals surface area contributed by atoms with Crippen molar-refractivity contribution < 1.29 is 4.79 Å². The Morgan fingerprint density at radius 2 is 1.88 bits per heavy atom. The number of nitrogens with one attached hydrogen (secondary N) is 1. The van der Waals surface area contributed by atoms with E-state index in [2.05, 4.69) is 46.5 Å². The molecule has 1 atom stereocenters. The zero-order chi connectivity index (χ0) is 17.6. The number of fused-ring (bicyclic) bond motifs is 3. The van der Waals surface area contributed by atoms with Crippen LogP contribution in [0.15, 0.2) is 64.7 Å². The SMILES string of the molecule is CSc1ccc([C@H]2C(C(C)=O)=C(C)Nc3nc4ccccc4n32)cc1. The Bertz CT molecular complexity index is 1000. The van der Waals surface area contributed by atoms with Crippen LogP contribution in [-0.4, -0.2) is 21.6 Å². The van der Waals surface area contributed by atoms with Crippen LogP contribution in [0.1, 0.15) is 25.5 Å². The van der Waals surface area contributed by atoms with Gasteiger partial charge in [0.05, 0.1) is 17.1 Å². The molecule has 0 spiro atoms. The van der Waals surface area contributed by atoms with Gasteiger partial charge in [-0.05, 0) is 49.9 Å². The van der Waals surface area contributed by atoms with E-state index in [1.54, 1.807) is 18.7 Å². The normalized spacial score (nSPS) is 16.7. The Hall–Kier alpha value is -2.53. The molecule has 126 valence electrons. The van der Waals surface area contributed by atoms with Crippen molar-refractivity contribution >= 4 is 34.5 Å². The average Bonchev–Trinajstić information content (AvgIpc) is 2.98. The average molecular weight is 349 g/mol. The van der Waals surface area contributed by atoms with Crippen molar-refractivity contribution in [1.29, 1.82) is 0 Å². The lowest BCUT2D eigenvalue weighted by atomic mass is 9.92. The molecule has 25 heavy (non-hydrogen) atoms. The highest BCUT2D eigenvalue weighted by molar-refractivity contribution is 7.98. The van der Waals surface area contributed by atoms with Gasteiger partial charge in [0.15, 0.2) is 5.78 Å². The van der Waals surface area contributed by atoms with Crippen molar-refractivity contribution in [2.45, 2.75) is 24.8 Å². The Morgan fingerprint density at radius 1 is 1.16 bits per heavy atom. The molecule has 0 fully saturated rings. The standard InChI is InChI=1S/C20H19N3OS/c1-12-18(13(2)24)19(14-8-10-15(25-3)11-9-14)23-17-7-5-4-6-16(17)22-20(23)21-12/h4-11,19H,1-3H3,(H,21,22)/t19-/m0/s1. The Morgan fingerprint density at radius 3 is 2.56 bits per heavy atom. The molecular formula is C20H19N3OS. The van der Waals surface area contributed by atoms with E-state index in [0.717, 1.165) is 33.8 Å². The number of ketones is 1. The molecule has 0 unspecified atom stereocenters. The van der Waals surface area contributed by atoms with Gasteiger partial charge in [0.2, 0.25) is 5.95 Å². The van der Waals surface area contributed by atoms with Gasteiger partial charge < -0.3 is 5.32 Å². The minimum absolute atomic E-state index is 0.0763. The van der Waals surface area contributed by atoms with E-state index in [0.29, 0.717) is 0 Å². The second-order valence-electron chi connectivity index (χ2n) is 6.19. The van der Waals surface area contributed by atoms with E-state index < -0.39 is 0 Å². The number of thioether (sulfide) groups is 1. The molecule has 2 heterocycles. The third-order valence-electron chi connectivity index (χ3n) is 4.64. The summed E-state index contributed by atoms with van der Waals surface area (Å²) < 4.78 is 2.13. The maximum atomic E-state index is 12.4. The largest absolute Gasteiger partial charge is 0.329 e. The summed E-state index contributed by atoms with van der Waals surface area (Å²) in [6.07, 6.45) is 2.06. The minimum atomic E-state index is -0.169. The van der Waals surface area contributed by atoms with E-state index in [1.165, 1.54) is 4.90 Å². The van der Waals surface area contributed by atoms with Crippen LogP contribution in [0.5, 0.6) is 0 Å². The molecule has 4 nitrogen and oxygen atoms in total. The van der Waals surface area contributed by atoms with E-state index in [-0.39, 0.29) is 11.8 Å². The number of benzene rings is 2. The van der Waals surface area contributed by atoms with Crippen molar-refractivity contribution in [1.82, 2.24) is 9.55 Å². The van der Waals surface area contributed by atoms with Gasteiger partial charge in [-0.25, -0.2) is 4.98 Å². The molecule has 0 saturated carbocycles. The van der Waals surface area contributed by atoms with Gasteiger partial charge in [-0.1, -0.05) is 24.3 Å². The van der Waals surface area contributed by atoms with Gasteiger partial charge >= 0.3 is 0 Å². The zero-order valence-corrected chi connectivity index (χ0v) is 15.2. The molecule has 0 bridgehead atoms. The highest BCUT2D eigenvalue weighted by Gasteiger charge is 2.32. The van der Waals surface area contributed by atoms with Crippen molar-refractivity contribution in [3.05, 3.63) is 65.4 Å². The number of hydrogen-bond donors (Lipinski definition) is 1. The fourth-order valence-electron chi connectivity index (χ4n) is 3.52. The van der Waals surface area contributed by atoms with Gasteiger partial charge in [-0.15, -0.1) is 11.8 Å². The molecule has 1 N–H and O–H groups in total. The number of rotatable bonds is 3. The maximum absolute atomic E-state index is 12.4. The summed E-state index contributed by atoms with van der Waals surface area (Å²) in [6, 6.07) is 16.3. The topological polar surface area (TPSA) is 46.9 Å². The smallest absolute Gasteiger partial charge is 0.209 e. The number of allylic oxidation sites excluding steroid dienone is 2. The van der Waals surface area contributed by atoms with Crippen LogP contribution in [0.25, 0.3) is 11.0 Å². The van der Waals surface area contributed by atoms with Gasteiger partial charge in [0.25, 0.3) is 0 Å². The molecule has 1 aliphatic heterocycles. The summed E-state index contributed by atoms with van der Waals surface area (Å²) in [4.78, 5) is 18.4. The van der Waals surface area contributed by atoms with Gasteiger partial charge in [-0.2, -0.15) is 0 Å². The first-order valence-electron chi connectivity index (χ1n) is 8.20. The third-order valence-corrected chi connectivity index (χ3v) is 5.39. The zero-order valence-electron chi connectivity index (χ0n) is 14.4. The van der Waals surface area contributed by atoms with E-state index >= 15 is 0 Å². The van der Waals surface area contributed by atoms with E-state index in [9.17, 15) is 4.79 Å². The summed E-state index contributed by atoms with van der Waals surface area (Å²) >= 11 is 1.71. The molecule has 0 amide bonds. The van der Waals surface area contributed by atoms with E-state index in [1.807, 2.05) is 25.1 Å². The number of imidazole rings is 1. The lowest BCUT2D eigenvalue weighted by Gasteiger charge is -2.30. The summed E-state index contributed by atoms with van der Waals surface area (Å²) in [5.41, 5.74) is 4.69. The van der Waals surface area contributed by atoms with Crippen molar-refractivity contribution in [2.75, 3.05) is 11.6 Å². The number of Topliss-reactive ketones (excluding diaryl/α,β-unsaturated/α-hetero) is 1. The number of nitrogens with zero attached hydrogens (tertiary/aromatic N) is 2. The molecular weight excluding hydrogens is 330 g/mol.